The van der Waals surface area contributed by atoms with Crippen LogP contribution in [0.1, 0.15) is 24.5 Å². The lowest BCUT2D eigenvalue weighted by molar-refractivity contribution is -0.134. The second-order valence-corrected chi connectivity index (χ2v) is 7.43. The summed E-state index contributed by atoms with van der Waals surface area (Å²) in [6.45, 7) is 5.58. The maximum atomic E-state index is 12.5. The van der Waals surface area contributed by atoms with Crippen molar-refractivity contribution in [1.82, 2.24) is 29.8 Å². The largest absolute Gasteiger partial charge is 0.348 e. The third-order valence-corrected chi connectivity index (χ3v) is 5.26. The van der Waals surface area contributed by atoms with Crippen molar-refractivity contribution >= 4 is 11.8 Å². The molecule has 2 aliphatic heterocycles. The maximum Gasteiger partial charge on any atom is 0.244 e. The average molecular weight is 362 g/mol. The quantitative estimate of drug-likeness (QED) is 0.770. The number of aromatic nitrogens is 2. The molecule has 1 aromatic rings. The Kier molecular flexibility index (Phi) is 6.26. The third kappa shape index (κ3) is 4.82. The molecule has 1 aromatic heterocycles. The number of rotatable bonds is 5. The molecule has 0 bridgehead atoms. The first-order chi connectivity index (χ1) is 12.5. The number of hydrogen-bond acceptors (Lipinski definition) is 5. The highest BCUT2D eigenvalue weighted by molar-refractivity contribution is 5.78. The van der Waals surface area contributed by atoms with E-state index in [1.165, 1.54) is 6.42 Å². The fraction of sp³-hybridized carbons (Fsp3) is 0.722. The van der Waals surface area contributed by atoms with Gasteiger partial charge in [-0.15, -0.1) is 0 Å². The predicted molar refractivity (Wildman–Crippen MR) is 98.8 cm³/mol. The van der Waals surface area contributed by atoms with Gasteiger partial charge in [-0.1, -0.05) is 0 Å². The van der Waals surface area contributed by atoms with Gasteiger partial charge in [0, 0.05) is 58.9 Å². The summed E-state index contributed by atoms with van der Waals surface area (Å²) in [6.07, 6.45) is 4.25. The minimum absolute atomic E-state index is 0.0972. The van der Waals surface area contributed by atoms with Crippen molar-refractivity contribution in [1.29, 1.82) is 0 Å². The minimum atomic E-state index is 0.0972. The van der Waals surface area contributed by atoms with Crippen molar-refractivity contribution in [3.63, 3.8) is 0 Å². The number of carbonyl (C=O) groups is 2. The summed E-state index contributed by atoms with van der Waals surface area (Å²) in [5.74, 6) is 0.656. The van der Waals surface area contributed by atoms with Crippen LogP contribution < -0.4 is 5.32 Å². The molecule has 0 saturated carbocycles. The van der Waals surface area contributed by atoms with Gasteiger partial charge in [0.2, 0.25) is 11.8 Å². The second kappa shape index (κ2) is 8.64. The zero-order chi connectivity index (χ0) is 18.5. The summed E-state index contributed by atoms with van der Waals surface area (Å²) in [4.78, 5) is 29.9. The van der Waals surface area contributed by atoms with E-state index in [1.54, 1.807) is 23.7 Å². The molecule has 1 N–H and O–H groups in total. The van der Waals surface area contributed by atoms with E-state index in [2.05, 4.69) is 15.3 Å². The molecule has 2 saturated heterocycles. The molecule has 2 aliphatic rings. The molecule has 0 spiro atoms. The summed E-state index contributed by atoms with van der Waals surface area (Å²) in [5.41, 5.74) is 1.08. The highest BCUT2D eigenvalue weighted by atomic mass is 16.2. The van der Waals surface area contributed by atoms with E-state index >= 15 is 0 Å². The van der Waals surface area contributed by atoms with E-state index in [1.807, 2.05) is 17.2 Å². The molecule has 0 radical (unpaired) electrons. The molecule has 0 aromatic carbocycles. The zero-order valence-electron chi connectivity index (χ0n) is 15.9. The molecule has 0 unspecified atom stereocenters. The SMILES string of the molecule is CN(C)C(=O)CN1CCN(C(=O)Cn2ccc([C@@H]3CCCNC3)n2)CC1. The second-order valence-electron chi connectivity index (χ2n) is 7.43. The lowest BCUT2D eigenvalue weighted by Crippen LogP contribution is -2.51. The number of hydrogen-bond donors (Lipinski definition) is 1. The Morgan fingerprint density at radius 3 is 2.65 bits per heavy atom. The van der Waals surface area contributed by atoms with Gasteiger partial charge in [0.05, 0.1) is 12.2 Å². The van der Waals surface area contributed by atoms with Gasteiger partial charge in [-0.2, -0.15) is 5.10 Å². The highest BCUT2D eigenvalue weighted by Gasteiger charge is 2.23. The molecule has 8 nitrogen and oxygen atoms in total. The van der Waals surface area contributed by atoms with Crippen LogP contribution in [0.4, 0.5) is 0 Å². The van der Waals surface area contributed by atoms with Gasteiger partial charge in [-0.05, 0) is 25.5 Å². The van der Waals surface area contributed by atoms with Gasteiger partial charge in [-0.3, -0.25) is 19.2 Å². The molecule has 26 heavy (non-hydrogen) atoms. The first kappa shape index (κ1) is 18.8. The zero-order valence-corrected chi connectivity index (χ0v) is 15.9. The van der Waals surface area contributed by atoms with E-state index < -0.39 is 0 Å². The number of carbonyl (C=O) groups excluding carboxylic acids is 2. The van der Waals surface area contributed by atoms with Crippen LogP contribution in [0.3, 0.4) is 0 Å². The van der Waals surface area contributed by atoms with E-state index in [4.69, 9.17) is 0 Å². The molecular weight excluding hydrogens is 332 g/mol. The summed E-state index contributed by atoms with van der Waals surface area (Å²) >= 11 is 0. The van der Waals surface area contributed by atoms with Crippen LogP contribution in [-0.2, 0) is 16.1 Å². The van der Waals surface area contributed by atoms with E-state index in [0.717, 1.165) is 38.3 Å². The van der Waals surface area contributed by atoms with Crippen molar-refractivity contribution in [2.75, 3.05) is 59.9 Å². The fourth-order valence-corrected chi connectivity index (χ4v) is 3.51. The normalized spacial score (nSPS) is 21.6. The number of nitrogens with zero attached hydrogens (tertiary/aromatic N) is 5. The van der Waals surface area contributed by atoms with Gasteiger partial charge in [0.15, 0.2) is 0 Å². The number of amides is 2. The van der Waals surface area contributed by atoms with Gasteiger partial charge < -0.3 is 15.1 Å². The maximum absolute atomic E-state index is 12.5. The van der Waals surface area contributed by atoms with Crippen LogP contribution in [0.5, 0.6) is 0 Å². The summed E-state index contributed by atoms with van der Waals surface area (Å²) in [7, 11) is 3.54. The van der Waals surface area contributed by atoms with E-state index in [9.17, 15) is 9.59 Å². The van der Waals surface area contributed by atoms with Gasteiger partial charge >= 0.3 is 0 Å². The molecule has 3 heterocycles. The van der Waals surface area contributed by atoms with Gasteiger partial charge in [-0.25, -0.2) is 0 Å². The number of piperidine rings is 1. The first-order valence-electron chi connectivity index (χ1n) is 9.47. The number of piperazine rings is 1. The Morgan fingerprint density at radius 2 is 2.00 bits per heavy atom. The molecule has 8 heteroatoms. The summed E-state index contributed by atoms with van der Waals surface area (Å²) in [5, 5.41) is 8.01. The number of likely N-dealkylation sites (N-methyl/N-ethyl adjacent to an activating group) is 1. The van der Waals surface area contributed by atoms with Crippen LogP contribution in [-0.4, -0.2) is 96.2 Å². The Balaban J connectivity index is 1.46. The van der Waals surface area contributed by atoms with Crippen LogP contribution in [0.2, 0.25) is 0 Å². The minimum Gasteiger partial charge on any atom is -0.348 e. The first-order valence-corrected chi connectivity index (χ1v) is 9.47. The number of nitrogens with one attached hydrogen (secondary N) is 1. The molecule has 1 atom stereocenters. The monoisotopic (exact) mass is 362 g/mol. The van der Waals surface area contributed by atoms with Crippen molar-refractivity contribution in [2.24, 2.45) is 0 Å². The Morgan fingerprint density at radius 1 is 1.23 bits per heavy atom. The summed E-state index contributed by atoms with van der Waals surface area (Å²) in [6, 6.07) is 2.04. The standard InChI is InChI=1S/C18H30N6O2/c1-21(2)17(25)13-22-8-10-23(11-9-22)18(26)14-24-7-5-16(20-24)15-4-3-6-19-12-15/h5,7,15,19H,3-4,6,8-14H2,1-2H3/t15-/m1/s1. The van der Waals surface area contributed by atoms with Crippen LogP contribution >= 0.6 is 0 Å². The van der Waals surface area contributed by atoms with Crippen LogP contribution in [0, 0.1) is 0 Å². The predicted octanol–water partition coefficient (Wildman–Crippen LogP) is -0.417. The average Bonchev–Trinajstić information content (AvgIpc) is 3.11. The van der Waals surface area contributed by atoms with Gasteiger partial charge in [0.25, 0.3) is 0 Å². The van der Waals surface area contributed by atoms with Crippen LogP contribution in [0.25, 0.3) is 0 Å². The topological polar surface area (TPSA) is 73.7 Å². The molecular formula is C18H30N6O2. The Labute approximate surface area is 155 Å². The van der Waals surface area contributed by atoms with Crippen molar-refractivity contribution in [3.8, 4) is 0 Å². The lowest BCUT2D eigenvalue weighted by atomic mass is 9.97. The Bertz CT molecular complexity index is 615. The molecule has 3 rings (SSSR count). The fourth-order valence-electron chi connectivity index (χ4n) is 3.51. The molecule has 0 aliphatic carbocycles. The van der Waals surface area contributed by atoms with Crippen molar-refractivity contribution < 1.29 is 9.59 Å². The van der Waals surface area contributed by atoms with Crippen LogP contribution in [0.15, 0.2) is 12.3 Å². The van der Waals surface area contributed by atoms with Gasteiger partial charge in [0.1, 0.15) is 6.54 Å². The lowest BCUT2D eigenvalue weighted by Gasteiger charge is -2.34. The molecule has 144 valence electrons. The summed E-state index contributed by atoms with van der Waals surface area (Å²) < 4.78 is 1.76. The van der Waals surface area contributed by atoms with Crippen molar-refractivity contribution in [3.05, 3.63) is 18.0 Å². The van der Waals surface area contributed by atoms with Crippen molar-refractivity contribution in [2.45, 2.75) is 25.3 Å². The van der Waals surface area contributed by atoms with E-state index in [-0.39, 0.29) is 18.4 Å². The highest BCUT2D eigenvalue weighted by Crippen LogP contribution is 2.21. The third-order valence-electron chi connectivity index (χ3n) is 5.26. The van der Waals surface area contributed by atoms with E-state index in [0.29, 0.717) is 25.6 Å². The Hall–Kier alpha value is -1.93. The molecule has 2 fully saturated rings. The smallest absolute Gasteiger partial charge is 0.244 e. The molecule has 2 amide bonds.